The average Bonchev–Trinajstić information content (AvgIpc) is 2.62. The molecular weight excluding hydrogens is 318 g/mol. The lowest BCUT2D eigenvalue weighted by molar-refractivity contribution is 0.00974. The van der Waals surface area contributed by atoms with Crippen LogP contribution in [0, 0.1) is 0 Å². The zero-order valence-electron chi connectivity index (χ0n) is 18.8. The van der Waals surface area contributed by atoms with Crippen LogP contribution in [0.25, 0.3) is 0 Å². The molecule has 0 spiro atoms. The standard InChI is InChI=1S/C23H49N3/c1-6-7-8-9-10-11-12-13-14-15-16-17-20-26-21-18-19-24-22(26)23(2,3)25(4)5/h22,24H,6-21H2,1-5H3. The Balaban J connectivity index is 2.05. The fourth-order valence-corrected chi connectivity index (χ4v) is 4.12. The lowest BCUT2D eigenvalue weighted by Crippen LogP contribution is -2.65. The highest BCUT2D eigenvalue weighted by Gasteiger charge is 2.36. The number of nitrogens with one attached hydrogen (secondary N) is 1. The van der Waals surface area contributed by atoms with Gasteiger partial charge in [-0.25, -0.2) is 0 Å². The average molecular weight is 368 g/mol. The minimum Gasteiger partial charge on any atom is -0.301 e. The number of unbranched alkanes of at least 4 members (excludes halogenated alkanes) is 11. The molecule has 0 aliphatic carbocycles. The molecule has 1 unspecified atom stereocenters. The van der Waals surface area contributed by atoms with Crippen LogP contribution in [0.1, 0.15) is 104 Å². The molecule has 0 bridgehead atoms. The molecule has 1 N–H and O–H groups in total. The molecule has 1 fully saturated rings. The molecule has 0 amide bonds. The Hall–Kier alpha value is -0.120. The maximum atomic E-state index is 3.77. The summed E-state index contributed by atoms with van der Waals surface area (Å²) in [5, 5.41) is 3.77. The zero-order chi connectivity index (χ0) is 19.3. The number of hydrogen-bond acceptors (Lipinski definition) is 3. The highest BCUT2D eigenvalue weighted by Crippen LogP contribution is 2.22. The van der Waals surface area contributed by atoms with E-state index in [4.69, 9.17) is 0 Å². The summed E-state index contributed by atoms with van der Waals surface area (Å²) in [6.45, 7) is 10.7. The summed E-state index contributed by atoms with van der Waals surface area (Å²) < 4.78 is 0. The van der Waals surface area contributed by atoms with Crippen LogP contribution in [0.4, 0.5) is 0 Å². The van der Waals surface area contributed by atoms with E-state index in [-0.39, 0.29) is 5.54 Å². The lowest BCUT2D eigenvalue weighted by Gasteiger charge is -2.48. The van der Waals surface area contributed by atoms with E-state index in [0.717, 1.165) is 6.54 Å². The van der Waals surface area contributed by atoms with Crippen molar-refractivity contribution < 1.29 is 0 Å². The Morgan fingerprint density at radius 1 is 0.846 bits per heavy atom. The monoisotopic (exact) mass is 367 g/mol. The third-order valence-corrected chi connectivity index (χ3v) is 6.45. The second-order valence-corrected chi connectivity index (χ2v) is 9.18. The Kier molecular flexibility index (Phi) is 12.8. The van der Waals surface area contributed by atoms with Gasteiger partial charge < -0.3 is 10.2 Å². The van der Waals surface area contributed by atoms with E-state index in [0.29, 0.717) is 6.17 Å². The number of nitrogens with zero attached hydrogens (tertiary/aromatic N) is 2. The highest BCUT2D eigenvalue weighted by molar-refractivity contribution is 4.93. The molecule has 1 saturated heterocycles. The molecule has 1 atom stereocenters. The van der Waals surface area contributed by atoms with Gasteiger partial charge in [0.2, 0.25) is 0 Å². The molecular formula is C23H49N3. The largest absolute Gasteiger partial charge is 0.301 e. The summed E-state index contributed by atoms with van der Waals surface area (Å²) in [6, 6.07) is 0. The maximum Gasteiger partial charge on any atom is 0.0781 e. The van der Waals surface area contributed by atoms with Gasteiger partial charge in [0.25, 0.3) is 0 Å². The molecule has 3 heteroatoms. The summed E-state index contributed by atoms with van der Waals surface area (Å²) in [6.07, 6.45) is 19.0. The number of rotatable bonds is 15. The second kappa shape index (κ2) is 14.0. The van der Waals surface area contributed by atoms with E-state index in [2.05, 4.69) is 50.0 Å². The van der Waals surface area contributed by atoms with Gasteiger partial charge in [-0.05, 0) is 53.9 Å². The lowest BCUT2D eigenvalue weighted by atomic mass is 9.95. The third-order valence-electron chi connectivity index (χ3n) is 6.45. The van der Waals surface area contributed by atoms with Crippen molar-refractivity contribution in [3.63, 3.8) is 0 Å². The van der Waals surface area contributed by atoms with Crippen molar-refractivity contribution in [3.05, 3.63) is 0 Å². The molecule has 1 aliphatic heterocycles. The van der Waals surface area contributed by atoms with Crippen molar-refractivity contribution in [2.24, 2.45) is 0 Å². The van der Waals surface area contributed by atoms with Gasteiger partial charge in [0.15, 0.2) is 0 Å². The van der Waals surface area contributed by atoms with Gasteiger partial charge in [-0.15, -0.1) is 0 Å². The van der Waals surface area contributed by atoms with Crippen molar-refractivity contribution >= 4 is 0 Å². The first kappa shape index (κ1) is 23.9. The number of likely N-dealkylation sites (N-methyl/N-ethyl adjacent to an activating group) is 1. The molecule has 0 aromatic heterocycles. The molecule has 0 radical (unpaired) electrons. The van der Waals surface area contributed by atoms with Crippen molar-refractivity contribution in [2.75, 3.05) is 33.7 Å². The fourth-order valence-electron chi connectivity index (χ4n) is 4.12. The van der Waals surface area contributed by atoms with Crippen LogP contribution in [-0.4, -0.2) is 55.2 Å². The summed E-state index contributed by atoms with van der Waals surface area (Å²) in [5.74, 6) is 0. The molecule has 0 aromatic rings. The van der Waals surface area contributed by atoms with E-state index in [1.54, 1.807) is 0 Å². The predicted octanol–water partition coefficient (Wildman–Crippen LogP) is 5.65. The first-order chi connectivity index (χ1) is 12.5. The maximum absolute atomic E-state index is 3.77. The first-order valence-electron chi connectivity index (χ1n) is 11.6. The van der Waals surface area contributed by atoms with Crippen LogP contribution in [0.5, 0.6) is 0 Å². The van der Waals surface area contributed by atoms with Gasteiger partial charge in [-0.3, -0.25) is 4.90 Å². The Bertz CT molecular complexity index is 327. The quantitative estimate of drug-likeness (QED) is 0.377. The van der Waals surface area contributed by atoms with Crippen LogP contribution >= 0.6 is 0 Å². The molecule has 156 valence electrons. The van der Waals surface area contributed by atoms with Gasteiger partial charge in [0.05, 0.1) is 6.17 Å². The van der Waals surface area contributed by atoms with Crippen LogP contribution in [0.2, 0.25) is 0 Å². The Labute approximate surface area is 165 Å². The number of hydrogen-bond donors (Lipinski definition) is 1. The van der Waals surface area contributed by atoms with Gasteiger partial charge in [-0.1, -0.05) is 77.6 Å². The van der Waals surface area contributed by atoms with Crippen molar-refractivity contribution in [2.45, 2.75) is 116 Å². The van der Waals surface area contributed by atoms with E-state index in [1.807, 2.05) is 0 Å². The molecule has 1 heterocycles. The summed E-state index contributed by atoms with van der Waals surface area (Å²) in [4.78, 5) is 5.06. The Morgan fingerprint density at radius 2 is 1.35 bits per heavy atom. The predicted molar refractivity (Wildman–Crippen MR) is 117 cm³/mol. The minimum absolute atomic E-state index is 0.178. The van der Waals surface area contributed by atoms with Gasteiger partial charge in [0, 0.05) is 12.1 Å². The zero-order valence-corrected chi connectivity index (χ0v) is 18.8. The normalized spacial score (nSPS) is 19.4. The highest BCUT2D eigenvalue weighted by atomic mass is 15.3. The molecule has 1 aliphatic rings. The summed E-state index contributed by atoms with van der Waals surface area (Å²) >= 11 is 0. The fraction of sp³-hybridized carbons (Fsp3) is 1.00. The van der Waals surface area contributed by atoms with Crippen molar-refractivity contribution in [1.82, 2.24) is 15.1 Å². The summed E-state index contributed by atoms with van der Waals surface area (Å²) in [7, 11) is 4.41. The van der Waals surface area contributed by atoms with Gasteiger partial charge in [0.1, 0.15) is 0 Å². The van der Waals surface area contributed by atoms with Crippen LogP contribution in [-0.2, 0) is 0 Å². The summed E-state index contributed by atoms with van der Waals surface area (Å²) in [5.41, 5.74) is 0.178. The van der Waals surface area contributed by atoms with Crippen LogP contribution < -0.4 is 5.32 Å². The van der Waals surface area contributed by atoms with Crippen LogP contribution in [0.15, 0.2) is 0 Å². The smallest absolute Gasteiger partial charge is 0.0781 e. The minimum atomic E-state index is 0.178. The third kappa shape index (κ3) is 9.19. The van der Waals surface area contributed by atoms with E-state index >= 15 is 0 Å². The van der Waals surface area contributed by atoms with Crippen LogP contribution in [0.3, 0.4) is 0 Å². The second-order valence-electron chi connectivity index (χ2n) is 9.18. The SMILES string of the molecule is CCCCCCCCCCCCCCN1CCCNC1C(C)(C)N(C)C. The molecule has 3 nitrogen and oxygen atoms in total. The molecule has 0 saturated carbocycles. The molecule has 1 rings (SSSR count). The van der Waals surface area contributed by atoms with E-state index in [9.17, 15) is 0 Å². The van der Waals surface area contributed by atoms with Gasteiger partial charge in [-0.2, -0.15) is 0 Å². The van der Waals surface area contributed by atoms with E-state index < -0.39 is 0 Å². The first-order valence-corrected chi connectivity index (χ1v) is 11.6. The van der Waals surface area contributed by atoms with E-state index in [1.165, 1.54) is 96.6 Å². The van der Waals surface area contributed by atoms with Crippen molar-refractivity contribution in [1.29, 1.82) is 0 Å². The Morgan fingerprint density at radius 3 is 1.85 bits per heavy atom. The van der Waals surface area contributed by atoms with Gasteiger partial charge >= 0.3 is 0 Å². The van der Waals surface area contributed by atoms with Crippen molar-refractivity contribution in [3.8, 4) is 0 Å². The topological polar surface area (TPSA) is 18.5 Å². The molecule has 26 heavy (non-hydrogen) atoms. The molecule has 0 aromatic carbocycles.